The Balaban J connectivity index is 2.30. The van der Waals surface area contributed by atoms with E-state index in [9.17, 15) is 22.8 Å². The molecule has 1 atom stereocenters. The fraction of sp³-hybridized carbons (Fsp3) is 0.545. The summed E-state index contributed by atoms with van der Waals surface area (Å²) < 4.78 is 23.0. The Morgan fingerprint density at radius 3 is 2.65 bits per heavy atom. The SMILES string of the molecule is CCN(C(=O)c1c[nH]c(=O)[nH]c1=O)C1CCS(=O)(=O)C1. The Bertz CT molecular complexity index is 733. The maximum absolute atomic E-state index is 12.3. The van der Waals surface area contributed by atoms with Crippen molar-refractivity contribution in [3.8, 4) is 0 Å². The predicted octanol–water partition coefficient (Wildman–Crippen LogP) is -1.29. The van der Waals surface area contributed by atoms with Gasteiger partial charge in [-0.25, -0.2) is 13.2 Å². The van der Waals surface area contributed by atoms with Crippen LogP contribution in [0.15, 0.2) is 15.8 Å². The third kappa shape index (κ3) is 2.82. The minimum Gasteiger partial charge on any atom is -0.335 e. The van der Waals surface area contributed by atoms with Crippen molar-refractivity contribution in [3.05, 3.63) is 32.6 Å². The van der Waals surface area contributed by atoms with Crippen LogP contribution in [-0.4, -0.2) is 53.3 Å². The van der Waals surface area contributed by atoms with Gasteiger partial charge < -0.3 is 9.88 Å². The minimum absolute atomic E-state index is 0.0451. The molecular weight excluding hydrogens is 286 g/mol. The van der Waals surface area contributed by atoms with Crippen LogP contribution in [-0.2, 0) is 9.84 Å². The van der Waals surface area contributed by atoms with Crippen molar-refractivity contribution in [1.29, 1.82) is 0 Å². The van der Waals surface area contributed by atoms with E-state index in [0.29, 0.717) is 6.42 Å². The number of hydrogen-bond acceptors (Lipinski definition) is 5. The zero-order chi connectivity index (χ0) is 14.9. The van der Waals surface area contributed by atoms with Crippen LogP contribution < -0.4 is 11.2 Å². The first-order chi connectivity index (χ1) is 9.34. The second-order valence-electron chi connectivity index (χ2n) is 4.63. The first-order valence-corrected chi connectivity index (χ1v) is 7.99. The van der Waals surface area contributed by atoms with Crippen molar-refractivity contribution in [3.63, 3.8) is 0 Å². The number of aromatic amines is 2. The number of carbonyl (C=O) groups excluding carboxylic acids is 1. The van der Waals surface area contributed by atoms with E-state index in [-0.39, 0.29) is 23.6 Å². The normalized spacial score (nSPS) is 20.8. The summed E-state index contributed by atoms with van der Waals surface area (Å²) in [5, 5.41) is 0. The zero-order valence-corrected chi connectivity index (χ0v) is 11.7. The Kier molecular flexibility index (Phi) is 3.80. The summed E-state index contributed by atoms with van der Waals surface area (Å²) in [7, 11) is -3.12. The number of carbonyl (C=O) groups is 1. The molecule has 2 heterocycles. The smallest absolute Gasteiger partial charge is 0.325 e. The van der Waals surface area contributed by atoms with Gasteiger partial charge in [-0.05, 0) is 13.3 Å². The molecule has 1 fully saturated rings. The molecule has 0 aliphatic carbocycles. The third-order valence-corrected chi connectivity index (χ3v) is 5.05. The molecule has 2 N–H and O–H groups in total. The maximum atomic E-state index is 12.3. The first-order valence-electron chi connectivity index (χ1n) is 6.17. The second kappa shape index (κ2) is 5.23. The molecular formula is C11H15N3O5S. The van der Waals surface area contributed by atoms with E-state index in [2.05, 4.69) is 4.98 Å². The number of sulfone groups is 1. The van der Waals surface area contributed by atoms with Crippen LogP contribution in [0.2, 0.25) is 0 Å². The summed E-state index contributed by atoms with van der Waals surface area (Å²) in [6.45, 7) is 2.00. The molecule has 0 radical (unpaired) electrons. The van der Waals surface area contributed by atoms with E-state index in [0.717, 1.165) is 6.20 Å². The van der Waals surface area contributed by atoms with Crippen molar-refractivity contribution < 1.29 is 13.2 Å². The summed E-state index contributed by atoms with van der Waals surface area (Å²) in [5.41, 5.74) is -1.67. The van der Waals surface area contributed by atoms with Gasteiger partial charge in [0.05, 0.1) is 11.5 Å². The van der Waals surface area contributed by atoms with Gasteiger partial charge in [0.1, 0.15) is 5.56 Å². The molecule has 1 amide bonds. The molecule has 1 aliphatic heterocycles. The standard InChI is InChI=1S/C11H15N3O5S/c1-2-14(7-3-4-20(18,19)6-7)10(16)8-5-12-11(17)13-9(8)15/h5,7H,2-4,6H2,1H3,(H2,12,13,15,17). The van der Waals surface area contributed by atoms with Crippen LogP contribution in [0.4, 0.5) is 0 Å². The van der Waals surface area contributed by atoms with E-state index >= 15 is 0 Å². The van der Waals surface area contributed by atoms with Gasteiger partial charge in [-0.2, -0.15) is 0 Å². The summed E-state index contributed by atoms with van der Waals surface area (Å²) in [4.78, 5) is 40.4. The third-order valence-electron chi connectivity index (χ3n) is 3.30. The predicted molar refractivity (Wildman–Crippen MR) is 71.5 cm³/mol. The van der Waals surface area contributed by atoms with Crippen molar-refractivity contribution in [2.75, 3.05) is 18.1 Å². The van der Waals surface area contributed by atoms with Gasteiger partial charge in [-0.3, -0.25) is 14.6 Å². The zero-order valence-electron chi connectivity index (χ0n) is 10.9. The highest BCUT2D eigenvalue weighted by Crippen LogP contribution is 2.18. The molecule has 1 unspecified atom stereocenters. The monoisotopic (exact) mass is 301 g/mol. The maximum Gasteiger partial charge on any atom is 0.325 e. The van der Waals surface area contributed by atoms with Gasteiger partial charge in [-0.15, -0.1) is 0 Å². The molecule has 1 aromatic rings. The lowest BCUT2D eigenvalue weighted by atomic mass is 10.2. The molecule has 9 heteroatoms. The lowest BCUT2D eigenvalue weighted by Gasteiger charge is -2.26. The second-order valence-corrected chi connectivity index (χ2v) is 6.86. The van der Waals surface area contributed by atoms with Crippen molar-refractivity contribution in [1.82, 2.24) is 14.9 Å². The van der Waals surface area contributed by atoms with Crippen LogP contribution in [0.1, 0.15) is 23.7 Å². The van der Waals surface area contributed by atoms with Crippen molar-refractivity contribution in [2.24, 2.45) is 0 Å². The Morgan fingerprint density at radius 2 is 2.15 bits per heavy atom. The number of nitrogens with zero attached hydrogens (tertiary/aromatic N) is 1. The van der Waals surface area contributed by atoms with E-state index in [1.54, 1.807) is 6.92 Å². The number of rotatable bonds is 3. The number of amides is 1. The lowest BCUT2D eigenvalue weighted by molar-refractivity contribution is 0.0706. The van der Waals surface area contributed by atoms with Crippen LogP contribution >= 0.6 is 0 Å². The lowest BCUT2D eigenvalue weighted by Crippen LogP contribution is -2.43. The minimum atomic E-state index is -3.12. The van der Waals surface area contributed by atoms with E-state index in [4.69, 9.17) is 0 Å². The molecule has 0 spiro atoms. The van der Waals surface area contributed by atoms with Gasteiger partial charge >= 0.3 is 5.69 Å². The Hall–Kier alpha value is -1.90. The summed E-state index contributed by atoms with van der Waals surface area (Å²) >= 11 is 0. The summed E-state index contributed by atoms with van der Waals surface area (Å²) in [6, 6.07) is -0.427. The van der Waals surface area contributed by atoms with Gasteiger partial charge in [0.15, 0.2) is 9.84 Å². The fourth-order valence-electron chi connectivity index (χ4n) is 2.31. The quantitative estimate of drug-likeness (QED) is 0.720. The number of aromatic nitrogens is 2. The topological polar surface area (TPSA) is 120 Å². The molecule has 2 rings (SSSR count). The molecule has 1 aromatic heterocycles. The van der Waals surface area contributed by atoms with Gasteiger partial charge in [0, 0.05) is 18.8 Å². The number of nitrogens with one attached hydrogen (secondary N) is 2. The van der Waals surface area contributed by atoms with Crippen molar-refractivity contribution in [2.45, 2.75) is 19.4 Å². The Morgan fingerprint density at radius 1 is 1.45 bits per heavy atom. The molecule has 110 valence electrons. The average molecular weight is 301 g/mol. The largest absolute Gasteiger partial charge is 0.335 e. The van der Waals surface area contributed by atoms with E-state index in [1.807, 2.05) is 4.98 Å². The van der Waals surface area contributed by atoms with E-state index < -0.39 is 33.0 Å². The van der Waals surface area contributed by atoms with Gasteiger partial charge in [-0.1, -0.05) is 0 Å². The van der Waals surface area contributed by atoms with Crippen LogP contribution in [0.5, 0.6) is 0 Å². The highest BCUT2D eigenvalue weighted by atomic mass is 32.2. The highest BCUT2D eigenvalue weighted by molar-refractivity contribution is 7.91. The average Bonchev–Trinajstić information content (AvgIpc) is 2.70. The number of hydrogen-bond donors (Lipinski definition) is 2. The Labute approximate surface area is 114 Å². The molecule has 0 aromatic carbocycles. The van der Waals surface area contributed by atoms with Crippen molar-refractivity contribution >= 4 is 15.7 Å². The van der Waals surface area contributed by atoms with E-state index in [1.165, 1.54) is 4.90 Å². The molecule has 1 aliphatic rings. The summed E-state index contributed by atoms with van der Waals surface area (Å²) in [6.07, 6.45) is 1.42. The molecule has 1 saturated heterocycles. The summed E-state index contributed by atoms with van der Waals surface area (Å²) in [5.74, 6) is -0.621. The van der Waals surface area contributed by atoms with Crippen LogP contribution in [0.3, 0.4) is 0 Å². The highest BCUT2D eigenvalue weighted by Gasteiger charge is 2.34. The fourth-order valence-corrected chi connectivity index (χ4v) is 4.04. The molecule has 0 bridgehead atoms. The number of H-pyrrole nitrogens is 2. The van der Waals surface area contributed by atoms with Crippen LogP contribution in [0.25, 0.3) is 0 Å². The molecule has 8 nitrogen and oxygen atoms in total. The van der Waals surface area contributed by atoms with Gasteiger partial charge in [0.25, 0.3) is 11.5 Å². The van der Waals surface area contributed by atoms with Gasteiger partial charge in [0.2, 0.25) is 0 Å². The van der Waals surface area contributed by atoms with Crippen LogP contribution in [0, 0.1) is 0 Å². The molecule has 0 saturated carbocycles. The molecule has 20 heavy (non-hydrogen) atoms. The first kappa shape index (κ1) is 14.5.